The number of benzene rings is 1. The summed E-state index contributed by atoms with van der Waals surface area (Å²) >= 11 is 0. The van der Waals surface area contributed by atoms with Crippen molar-refractivity contribution in [3.8, 4) is 11.3 Å². The molecule has 37 heavy (non-hydrogen) atoms. The van der Waals surface area contributed by atoms with Gasteiger partial charge in [-0.3, -0.25) is 4.98 Å². The number of nitrogens with one attached hydrogen (secondary N) is 1. The smallest absolute Gasteiger partial charge is 0.134 e. The molecule has 0 aliphatic carbocycles. The van der Waals surface area contributed by atoms with Crippen LogP contribution in [0.4, 0.5) is 27.3 Å². The standard InChI is InChI=1S/C28H29FN6O2/c1-19-27(20-5-6-25(31-16-20)35-9-13-37-14-10-35)33-24-4-2-3-23(29)26(24)28(19)32-21-15-22(18-30-17-21)34-7-11-36-12-8-34/h2-6,15-18H,7-14H2,1H3,(H,32,33). The molecule has 0 unspecified atom stereocenters. The van der Waals surface area contributed by atoms with E-state index in [0.717, 1.165) is 60.2 Å². The minimum atomic E-state index is -0.319. The minimum absolute atomic E-state index is 0.319. The lowest BCUT2D eigenvalue weighted by Crippen LogP contribution is -2.36. The van der Waals surface area contributed by atoms with Crippen molar-refractivity contribution in [3.63, 3.8) is 0 Å². The van der Waals surface area contributed by atoms with Crippen LogP contribution in [-0.2, 0) is 9.47 Å². The lowest BCUT2D eigenvalue weighted by atomic mass is 10.0. The first-order chi connectivity index (χ1) is 18.2. The van der Waals surface area contributed by atoms with E-state index < -0.39 is 0 Å². The fraction of sp³-hybridized carbons (Fsp3) is 0.321. The van der Waals surface area contributed by atoms with Crippen LogP contribution in [0.3, 0.4) is 0 Å². The summed E-state index contributed by atoms with van der Waals surface area (Å²) in [5.74, 6) is 0.598. The Hall–Kier alpha value is -3.82. The number of ether oxygens (including phenoxy) is 2. The lowest BCUT2D eigenvalue weighted by Gasteiger charge is -2.29. The number of hydrogen-bond acceptors (Lipinski definition) is 8. The molecule has 3 aromatic heterocycles. The summed E-state index contributed by atoms with van der Waals surface area (Å²) in [7, 11) is 0. The Bertz CT molecular complexity index is 1400. The van der Waals surface area contributed by atoms with E-state index in [4.69, 9.17) is 19.4 Å². The molecule has 4 aromatic rings. The summed E-state index contributed by atoms with van der Waals surface area (Å²) < 4.78 is 26.1. The van der Waals surface area contributed by atoms with E-state index in [1.807, 2.05) is 43.6 Å². The fourth-order valence-electron chi connectivity index (χ4n) is 4.94. The molecule has 2 aliphatic heterocycles. The molecule has 2 fully saturated rings. The van der Waals surface area contributed by atoms with Gasteiger partial charge in [-0.05, 0) is 42.8 Å². The fourth-order valence-corrected chi connectivity index (χ4v) is 4.94. The van der Waals surface area contributed by atoms with Gasteiger partial charge in [-0.15, -0.1) is 0 Å². The second kappa shape index (κ2) is 10.3. The third-order valence-electron chi connectivity index (χ3n) is 6.93. The van der Waals surface area contributed by atoms with Crippen molar-refractivity contribution in [3.05, 3.63) is 66.4 Å². The molecule has 2 aliphatic rings. The molecule has 0 bridgehead atoms. The molecule has 0 radical (unpaired) electrons. The zero-order valence-electron chi connectivity index (χ0n) is 20.8. The second-order valence-electron chi connectivity index (χ2n) is 9.26. The topological polar surface area (TPSA) is 75.6 Å². The van der Waals surface area contributed by atoms with E-state index in [2.05, 4.69) is 20.1 Å². The van der Waals surface area contributed by atoms with Crippen LogP contribution < -0.4 is 15.1 Å². The van der Waals surface area contributed by atoms with E-state index in [1.165, 1.54) is 6.07 Å². The highest BCUT2D eigenvalue weighted by Crippen LogP contribution is 2.37. The van der Waals surface area contributed by atoms with E-state index in [0.29, 0.717) is 43.0 Å². The predicted octanol–water partition coefficient (Wildman–Crippen LogP) is 4.56. The number of pyridine rings is 3. The second-order valence-corrected chi connectivity index (χ2v) is 9.26. The van der Waals surface area contributed by atoms with Crippen LogP contribution >= 0.6 is 0 Å². The Morgan fingerprint density at radius 2 is 1.65 bits per heavy atom. The third kappa shape index (κ3) is 4.80. The summed E-state index contributed by atoms with van der Waals surface area (Å²) in [4.78, 5) is 18.5. The van der Waals surface area contributed by atoms with Crippen molar-refractivity contribution in [1.82, 2.24) is 15.0 Å². The van der Waals surface area contributed by atoms with Crippen molar-refractivity contribution >= 4 is 33.8 Å². The van der Waals surface area contributed by atoms with Gasteiger partial charge in [0.05, 0.1) is 72.5 Å². The van der Waals surface area contributed by atoms with E-state index in [9.17, 15) is 0 Å². The van der Waals surface area contributed by atoms with Crippen LogP contribution in [0.2, 0.25) is 0 Å². The molecule has 0 saturated carbocycles. The van der Waals surface area contributed by atoms with E-state index in [-0.39, 0.29) is 5.82 Å². The first-order valence-electron chi connectivity index (χ1n) is 12.6. The maximum atomic E-state index is 15.1. The van der Waals surface area contributed by atoms with Crippen molar-refractivity contribution in [2.75, 3.05) is 67.7 Å². The van der Waals surface area contributed by atoms with Crippen LogP contribution in [0.5, 0.6) is 0 Å². The highest BCUT2D eigenvalue weighted by atomic mass is 19.1. The Labute approximate surface area is 215 Å². The quantitative estimate of drug-likeness (QED) is 0.428. The lowest BCUT2D eigenvalue weighted by molar-refractivity contribution is 0.122. The van der Waals surface area contributed by atoms with Crippen LogP contribution in [0, 0.1) is 12.7 Å². The maximum absolute atomic E-state index is 15.1. The highest BCUT2D eigenvalue weighted by Gasteiger charge is 2.19. The Balaban J connectivity index is 1.38. The van der Waals surface area contributed by atoms with Gasteiger partial charge in [0.1, 0.15) is 11.6 Å². The number of rotatable bonds is 5. The van der Waals surface area contributed by atoms with Crippen LogP contribution in [-0.4, -0.2) is 67.6 Å². The maximum Gasteiger partial charge on any atom is 0.134 e. The van der Waals surface area contributed by atoms with Gasteiger partial charge in [-0.2, -0.15) is 0 Å². The molecule has 2 saturated heterocycles. The van der Waals surface area contributed by atoms with Crippen LogP contribution in [0.25, 0.3) is 22.2 Å². The predicted molar refractivity (Wildman–Crippen MR) is 143 cm³/mol. The monoisotopic (exact) mass is 500 g/mol. The molecular formula is C28H29FN6O2. The first-order valence-corrected chi connectivity index (χ1v) is 12.6. The Kier molecular flexibility index (Phi) is 6.55. The minimum Gasteiger partial charge on any atom is -0.378 e. The van der Waals surface area contributed by atoms with Crippen molar-refractivity contribution in [2.24, 2.45) is 0 Å². The van der Waals surface area contributed by atoms with Gasteiger partial charge < -0.3 is 24.6 Å². The van der Waals surface area contributed by atoms with Gasteiger partial charge >= 0.3 is 0 Å². The molecule has 8 nitrogen and oxygen atoms in total. The number of halogens is 1. The largest absolute Gasteiger partial charge is 0.378 e. The SMILES string of the molecule is Cc1c(-c2ccc(N3CCOCC3)nc2)nc2cccc(F)c2c1Nc1cncc(N2CCOCC2)c1. The summed E-state index contributed by atoms with van der Waals surface area (Å²) in [5, 5.41) is 3.92. The van der Waals surface area contributed by atoms with Crippen molar-refractivity contribution < 1.29 is 13.9 Å². The summed E-state index contributed by atoms with van der Waals surface area (Å²) in [5.41, 5.74) is 5.54. The number of fused-ring (bicyclic) bond motifs is 1. The van der Waals surface area contributed by atoms with Gasteiger partial charge in [-0.1, -0.05) is 6.07 Å². The van der Waals surface area contributed by atoms with Crippen molar-refractivity contribution in [2.45, 2.75) is 6.92 Å². The summed E-state index contributed by atoms with van der Waals surface area (Å²) in [6.07, 6.45) is 5.45. The zero-order chi connectivity index (χ0) is 25.2. The molecule has 1 N–H and O–H groups in total. The number of morpholine rings is 2. The molecule has 0 amide bonds. The number of nitrogens with zero attached hydrogens (tertiary/aromatic N) is 5. The molecule has 9 heteroatoms. The number of anilines is 4. The highest BCUT2D eigenvalue weighted by molar-refractivity contribution is 5.98. The zero-order valence-corrected chi connectivity index (χ0v) is 20.8. The normalized spacial score (nSPS) is 16.3. The third-order valence-corrected chi connectivity index (χ3v) is 6.93. The summed E-state index contributed by atoms with van der Waals surface area (Å²) in [6.45, 7) is 8.04. The Morgan fingerprint density at radius 3 is 2.38 bits per heavy atom. The van der Waals surface area contributed by atoms with Gasteiger partial charge in [-0.25, -0.2) is 14.4 Å². The van der Waals surface area contributed by atoms with Crippen molar-refractivity contribution in [1.29, 1.82) is 0 Å². The average Bonchev–Trinajstić information content (AvgIpc) is 2.96. The molecule has 6 rings (SSSR count). The molecule has 0 atom stereocenters. The van der Waals surface area contributed by atoms with E-state index >= 15 is 4.39 Å². The van der Waals surface area contributed by atoms with Gasteiger partial charge in [0.15, 0.2) is 0 Å². The van der Waals surface area contributed by atoms with E-state index in [1.54, 1.807) is 12.3 Å². The molecular weight excluding hydrogens is 471 g/mol. The number of aromatic nitrogens is 3. The average molecular weight is 501 g/mol. The Morgan fingerprint density at radius 1 is 0.892 bits per heavy atom. The van der Waals surface area contributed by atoms with Crippen LogP contribution in [0.15, 0.2) is 55.0 Å². The van der Waals surface area contributed by atoms with Crippen LogP contribution in [0.1, 0.15) is 5.56 Å². The van der Waals surface area contributed by atoms with Gasteiger partial charge in [0, 0.05) is 37.9 Å². The van der Waals surface area contributed by atoms with Gasteiger partial charge in [0.2, 0.25) is 0 Å². The van der Waals surface area contributed by atoms with Gasteiger partial charge in [0.25, 0.3) is 0 Å². The number of hydrogen-bond donors (Lipinski definition) is 1. The molecule has 0 spiro atoms. The molecule has 190 valence electrons. The first kappa shape index (κ1) is 23.6. The molecule has 5 heterocycles. The molecule has 1 aromatic carbocycles. The summed E-state index contributed by atoms with van der Waals surface area (Å²) in [6, 6.07) is 11.1.